The minimum absolute atomic E-state index is 0.0928. The Morgan fingerprint density at radius 1 is 1.33 bits per heavy atom. The molecule has 0 aliphatic rings. The van der Waals surface area contributed by atoms with E-state index in [-0.39, 0.29) is 5.60 Å². The minimum atomic E-state index is -2.26. The van der Waals surface area contributed by atoms with Crippen LogP contribution in [-0.4, -0.2) is 23.3 Å². The molecule has 0 saturated heterocycles. The van der Waals surface area contributed by atoms with E-state index in [0.29, 0.717) is 12.8 Å². The summed E-state index contributed by atoms with van der Waals surface area (Å²) in [6, 6.07) is 0. The molecular formula is C8H19O3P. The molecule has 3 nitrogen and oxygen atoms in total. The quantitative estimate of drug-likeness (QED) is 0.538. The van der Waals surface area contributed by atoms with E-state index < -0.39 is 8.03 Å². The van der Waals surface area contributed by atoms with Crippen molar-refractivity contribution in [2.45, 2.75) is 39.2 Å². The summed E-state index contributed by atoms with van der Waals surface area (Å²) in [7, 11) is -2.26. The SMILES string of the molecule is CC(C)(C)OCCCC[PH](=O)O. The second kappa shape index (κ2) is 5.74. The van der Waals surface area contributed by atoms with Crippen LogP contribution in [0.1, 0.15) is 33.6 Å². The predicted molar refractivity (Wildman–Crippen MR) is 51.0 cm³/mol. The zero-order valence-corrected chi connectivity index (χ0v) is 9.09. The van der Waals surface area contributed by atoms with Crippen LogP contribution in [0.4, 0.5) is 0 Å². The summed E-state index contributed by atoms with van der Waals surface area (Å²) in [4.78, 5) is 8.52. The summed E-state index contributed by atoms with van der Waals surface area (Å²) >= 11 is 0. The highest BCUT2D eigenvalue weighted by atomic mass is 31.1. The molecule has 0 bridgehead atoms. The van der Waals surface area contributed by atoms with Crippen molar-refractivity contribution in [3.8, 4) is 0 Å². The average Bonchev–Trinajstić information content (AvgIpc) is 1.83. The van der Waals surface area contributed by atoms with Gasteiger partial charge < -0.3 is 9.63 Å². The highest BCUT2D eigenvalue weighted by Crippen LogP contribution is 2.15. The maximum Gasteiger partial charge on any atom is 0.189 e. The first-order valence-corrected chi connectivity index (χ1v) is 5.84. The van der Waals surface area contributed by atoms with Crippen LogP contribution in [0.15, 0.2) is 0 Å². The van der Waals surface area contributed by atoms with Gasteiger partial charge in [0.2, 0.25) is 0 Å². The molecule has 0 fully saturated rings. The topological polar surface area (TPSA) is 46.5 Å². The summed E-state index contributed by atoms with van der Waals surface area (Å²) in [6.07, 6.45) is 2.08. The molecule has 0 aliphatic heterocycles. The lowest BCUT2D eigenvalue weighted by molar-refractivity contribution is -0.00410. The van der Waals surface area contributed by atoms with E-state index in [2.05, 4.69) is 0 Å². The predicted octanol–water partition coefficient (Wildman–Crippen LogP) is 2.05. The van der Waals surface area contributed by atoms with Gasteiger partial charge in [0.05, 0.1) is 5.60 Å². The van der Waals surface area contributed by atoms with Crippen molar-refractivity contribution < 1.29 is 14.2 Å². The van der Waals surface area contributed by atoms with Gasteiger partial charge in [-0.3, -0.25) is 4.57 Å². The molecular weight excluding hydrogens is 175 g/mol. The third-order valence-electron chi connectivity index (χ3n) is 1.32. The molecule has 1 unspecified atom stereocenters. The lowest BCUT2D eigenvalue weighted by Gasteiger charge is -2.19. The molecule has 0 aliphatic carbocycles. The normalized spacial score (nSPS) is 14.7. The number of hydrogen-bond donors (Lipinski definition) is 1. The van der Waals surface area contributed by atoms with Gasteiger partial charge in [-0.15, -0.1) is 0 Å². The fourth-order valence-electron chi connectivity index (χ4n) is 0.757. The standard InChI is InChI=1S/C8H19O3P/c1-8(2,3)11-6-4-5-7-12(9)10/h12H,4-7H2,1-3H3,(H,9,10). The maximum absolute atomic E-state index is 10.3. The molecule has 0 amide bonds. The van der Waals surface area contributed by atoms with Crippen LogP contribution in [0, 0.1) is 0 Å². The Hall–Kier alpha value is 0.150. The largest absolute Gasteiger partial charge is 0.376 e. The second-order valence-corrected chi connectivity index (χ2v) is 5.10. The summed E-state index contributed by atoms with van der Waals surface area (Å²) in [5.41, 5.74) is -0.0928. The van der Waals surface area contributed by atoms with Gasteiger partial charge in [-0.25, -0.2) is 0 Å². The fourth-order valence-corrected chi connectivity index (χ4v) is 1.31. The van der Waals surface area contributed by atoms with E-state index in [9.17, 15) is 4.57 Å². The van der Waals surface area contributed by atoms with Crippen LogP contribution >= 0.6 is 8.03 Å². The summed E-state index contributed by atoms with van der Waals surface area (Å²) < 4.78 is 15.7. The van der Waals surface area contributed by atoms with Crippen molar-refractivity contribution in [3.05, 3.63) is 0 Å². The van der Waals surface area contributed by atoms with Gasteiger partial charge in [-0.1, -0.05) is 0 Å². The second-order valence-electron chi connectivity index (χ2n) is 3.81. The van der Waals surface area contributed by atoms with Crippen LogP contribution in [0.2, 0.25) is 0 Å². The summed E-state index contributed by atoms with van der Waals surface area (Å²) in [5.74, 6) is 0. The molecule has 0 radical (unpaired) electrons. The molecule has 0 rings (SSSR count). The molecule has 0 saturated carbocycles. The van der Waals surface area contributed by atoms with Gasteiger partial charge in [0.15, 0.2) is 8.03 Å². The Morgan fingerprint density at radius 3 is 2.33 bits per heavy atom. The lowest BCUT2D eigenvalue weighted by Crippen LogP contribution is -2.19. The van der Waals surface area contributed by atoms with E-state index >= 15 is 0 Å². The third kappa shape index (κ3) is 10.2. The first kappa shape index (κ1) is 12.2. The highest BCUT2D eigenvalue weighted by molar-refractivity contribution is 7.37. The summed E-state index contributed by atoms with van der Waals surface area (Å²) in [6.45, 7) is 6.68. The average molecular weight is 194 g/mol. The van der Waals surface area contributed by atoms with Crippen LogP contribution in [0.3, 0.4) is 0 Å². The van der Waals surface area contributed by atoms with E-state index in [1.807, 2.05) is 20.8 Å². The number of unbranched alkanes of at least 4 members (excludes halogenated alkanes) is 1. The first-order chi connectivity index (χ1) is 5.42. The van der Waals surface area contributed by atoms with Crippen LogP contribution in [0.25, 0.3) is 0 Å². The highest BCUT2D eigenvalue weighted by Gasteiger charge is 2.08. The molecule has 4 heteroatoms. The van der Waals surface area contributed by atoms with Gasteiger partial charge in [0.25, 0.3) is 0 Å². The molecule has 0 spiro atoms. The fraction of sp³-hybridized carbons (Fsp3) is 1.00. The Labute approximate surface area is 75.0 Å². The van der Waals surface area contributed by atoms with Gasteiger partial charge in [0, 0.05) is 12.8 Å². The number of ether oxygens (including phenoxy) is 1. The molecule has 12 heavy (non-hydrogen) atoms. The Kier molecular flexibility index (Phi) is 5.81. The van der Waals surface area contributed by atoms with E-state index in [1.54, 1.807) is 0 Å². The first-order valence-electron chi connectivity index (χ1n) is 4.27. The summed E-state index contributed by atoms with van der Waals surface area (Å²) in [5, 5.41) is 0. The maximum atomic E-state index is 10.3. The van der Waals surface area contributed by atoms with Crippen molar-refractivity contribution in [2.75, 3.05) is 12.8 Å². The van der Waals surface area contributed by atoms with E-state index in [0.717, 1.165) is 12.8 Å². The van der Waals surface area contributed by atoms with E-state index in [1.165, 1.54) is 0 Å². The molecule has 0 aromatic carbocycles. The van der Waals surface area contributed by atoms with E-state index in [4.69, 9.17) is 9.63 Å². The number of rotatable bonds is 5. The Bertz CT molecular complexity index is 140. The van der Waals surface area contributed by atoms with Gasteiger partial charge in [-0.05, 0) is 33.6 Å². The zero-order chi connectivity index (χ0) is 9.61. The van der Waals surface area contributed by atoms with Crippen LogP contribution < -0.4 is 0 Å². The molecule has 0 aromatic heterocycles. The molecule has 0 aromatic rings. The molecule has 1 N–H and O–H groups in total. The van der Waals surface area contributed by atoms with Crippen molar-refractivity contribution in [2.24, 2.45) is 0 Å². The zero-order valence-electron chi connectivity index (χ0n) is 8.09. The number of hydrogen-bond acceptors (Lipinski definition) is 2. The molecule has 0 heterocycles. The van der Waals surface area contributed by atoms with Crippen molar-refractivity contribution >= 4 is 8.03 Å². The monoisotopic (exact) mass is 194 g/mol. The lowest BCUT2D eigenvalue weighted by atomic mass is 10.2. The Balaban J connectivity index is 3.17. The van der Waals surface area contributed by atoms with Crippen molar-refractivity contribution in [3.63, 3.8) is 0 Å². The minimum Gasteiger partial charge on any atom is -0.376 e. The van der Waals surface area contributed by atoms with Crippen molar-refractivity contribution in [1.29, 1.82) is 0 Å². The van der Waals surface area contributed by atoms with Gasteiger partial charge in [-0.2, -0.15) is 0 Å². The van der Waals surface area contributed by atoms with Crippen LogP contribution in [-0.2, 0) is 9.30 Å². The molecule has 74 valence electrons. The van der Waals surface area contributed by atoms with Crippen molar-refractivity contribution in [1.82, 2.24) is 0 Å². The third-order valence-corrected chi connectivity index (χ3v) is 2.10. The smallest absolute Gasteiger partial charge is 0.189 e. The van der Waals surface area contributed by atoms with Gasteiger partial charge in [0.1, 0.15) is 0 Å². The van der Waals surface area contributed by atoms with Gasteiger partial charge >= 0.3 is 0 Å². The molecule has 1 atom stereocenters. The Morgan fingerprint density at radius 2 is 1.92 bits per heavy atom. The van der Waals surface area contributed by atoms with Crippen LogP contribution in [0.5, 0.6) is 0 Å².